The highest BCUT2D eigenvalue weighted by Crippen LogP contribution is 2.08. The number of hydrogen-bond donors (Lipinski definition) is 0. The molecule has 1 aromatic heterocycles. The van der Waals surface area contributed by atoms with Gasteiger partial charge in [-0.1, -0.05) is 27.7 Å². The zero-order chi connectivity index (χ0) is 15.8. The van der Waals surface area contributed by atoms with Crippen LogP contribution in [-0.4, -0.2) is 53.4 Å². The highest BCUT2D eigenvalue weighted by molar-refractivity contribution is 5.94. The zero-order valence-electron chi connectivity index (χ0n) is 13.5. The third kappa shape index (κ3) is 5.79. The number of rotatable bonds is 8. The molecule has 0 aromatic carbocycles. The molecule has 0 atom stereocenters. The van der Waals surface area contributed by atoms with E-state index >= 15 is 0 Å². The fraction of sp³-hybridized carbons (Fsp3) is 0.625. The van der Waals surface area contributed by atoms with Gasteiger partial charge in [0.1, 0.15) is 0 Å². The van der Waals surface area contributed by atoms with E-state index in [4.69, 9.17) is 0 Å². The molecule has 1 amide bonds. The molecule has 0 saturated heterocycles. The molecule has 118 valence electrons. The molecule has 0 saturated carbocycles. The summed E-state index contributed by atoms with van der Waals surface area (Å²) >= 11 is 0. The number of carbonyl (C=O) groups excluding carboxylic acids is 1. The van der Waals surface area contributed by atoms with Crippen molar-refractivity contribution in [3.05, 3.63) is 29.8 Å². The highest BCUT2D eigenvalue weighted by atomic mass is 19.1. The van der Waals surface area contributed by atoms with E-state index in [1.54, 1.807) is 11.0 Å². The molecular formula is C16H26FN3O. The van der Waals surface area contributed by atoms with Crippen LogP contribution < -0.4 is 0 Å². The number of nitrogens with zero attached hydrogens (tertiary/aromatic N) is 3. The van der Waals surface area contributed by atoms with E-state index in [2.05, 4.69) is 37.6 Å². The number of pyridine rings is 1. The minimum Gasteiger partial charge on any atom is -0.337 e. The second kappa shape index (κ2) is 8.72. The SMILES string of the molecule is CCN(CC)CCN(CC(C)C)C(=O)c1ccnc(F)c1. The van der Waals surface area contributed by atoms with Gasteiger partial charge in [0.25, 0.3) is 5.91 Å². The van der Waals surface area contributed by atoms with Crippen LogP contribution in [-0.2, 0) is 0 Å². The maximum atomic E-state index is 13.2. The van der Waals surface area contributed by atoms with Gasteiger partial charge in [0.05, 0.1) is 0 Å². The summed E-state index contributed by atoms with van der Waals surface area (Å²) in [5.41, 5.74) is 0.364. The summed E-state index contributed by atoms with van der Waals surface area (Å²) in [6, 6.07) is 2.77. The van der Waals surface area contributed by atoms with Crippen molar-refractivity contribution in [2.24, 2.45) is 5.92 Å². The fourth-order valence-electron chi connectivity index (χ4n) is 2.24. The molecular weight excluding hydrogens is 269 g/mol. The van der Waals surface area contributed by atoms with Crippen molar-refractivity contribution >= 4 is 5.91 Å². The number of hydrogen-bond acceptors (Lipinski definition) is 3. The number of likely N-dealkylation sites (N-methyl/N-ethyl adjacent to an activating group) is 1. The van der Waals surface area contributed by atoms with Crippen molar-refractivity contribution < 1.29 is 9.18 Å². The summed E-state index contributed by atoms with van der Waals surface area (Å²) in [5, 5.41) is 0. The Kier molecular flexibility index (Phi) is 7.29. The van der Waals surface area contributed by atoms with Gasteiger partial charge in [-0.2, -0.15) is 4.39 Å². The molecule has 1 rings (SSSR count). The monoisotopic (exact) mass is 295 g/mol. The van der Waals surface area contributed by atoms with E-state index in [1.807, 2.05) is 0 Å². The Morgan fingerprint density at radius 2 is 1.95 bits per heavy atom. The lowest BCUT2D eigenvalue weighted by Gasteiger charge is -2.28. The van der Waals surface area contributed by atoms with Gasteiger partial charge in [0.15, 0.2) is 0 Å². The third-order valence-corrected chi connectivity index (χ3v) is 3.43. The van der Waals surface area contributed by atoms with Gasteiger partial charge in [0.2, 0.25) is 5.95 Å². The van der Waals surface area contributed by atoms with Crippen LogP contribution in [0.4, 0.5) is 4.39 Å². The standard InChI is InChI=1S/C16H26FN3O/c1-5-19(6-2)9-10-20(12-13(3)4)16(21)14-7-8-18-15(17)11-14/h7-8,11,13H,5-6,9-10,12H2,1-4H3. The van der Waals surface area contributed by atoms with Crippen molar-refractivity contribution in [1.82, 2.24) is 14.8 Å². The molecule has 0 radical (unpaired) electrons. The predicted octanol–water partition coefficient (Wildman–Crippen LogP) is 2.66. The average Bonchev–Trinajstić information content (AvgIpc) is 2.46. The molecule has 4 nitrogen and oxygen atoms in total. The summed E-state index contributed by atoms with van der Waals surface area (Å²) in [6.07, 6.45) is 1.33. The molecule has 0 N–H and O–H groups in total. The first-order valence-electron chi connectivity index (χ1n) is 7.61. The van der Waals surface area contributed by atoms with Crippen molar-refractivity contribution in [3.8, 4) is 0 Å². The van der Waals surface area contributed by atoms with Crippen molar-refractivity contribution in [2.45, 2.75) is 27.7 Å². The summed E-state index contributed by atoms with van der Waals surface area (Å²) in [5.74, 6) is -0.372. The molecule has 0 aliphatic heterocycles. The molecule has 0 unspecified atom stereocenters. The lowest BCUT2D eigenvalue weighted by molar-refractivity contribution is 0.0715. The molecule has 1 heterocycles. The maximum Gasteiger partial charge on any atom is 0.254 e. The Labute approximate surface area is 127 Å². The van der Waals surface area contributed by atoms with E-state index in [0.717, 1.165) is 19.6 Å². The van der Waals surface area contributed by atoms with Crippen LogP contribution in [0, 0.1) is 11.9 Å². The van der Waals surface area contributed by atoms with E-state index in [9.17, 15) is 9.18 Å². The molecule has 1 aromatic rings. The van der Waals surface area contributed by atoms with Crippen molar-refractivity contribution in [2.75, 3.05) is 32.7 Å². The number of halogens is 1. The van der Waals surface area contributed by atoms with Crippen LogP contribution >= 0.6 is 0 Å². The third-order valence-electron chi connectivity index (χ3n) is 3.43. The first-order chi connectivity index (χ1) is 9.97. The van der Waals surface area contributed by atoms with Gasteiger partial charge in [-0.05, 0) is 25.1 Å². The number of carbonyl (C=O) groups is 1. The quantitative estimate of drug-likeness (QED) is 0.692. The maximum absolute atomic E-state index is 13.2. The Bertz CT molecular complexity index is 447. The molecule has 21 heavy (non-hydrogen) atoms. The van der Waals surface area contributed by atoms with Gasteiger partial charge >= 0.3 is 0 Å². The second-order valence-electron chi connectivity index (χ2n) is 5.54. The molecule has 0 fully saturated rings. The van der Waals surface area contributed by atoms with Gasteiger partial charge in [-0.25, -0.2) is 4.98 Å². The fourth-order valence-corrected chi connectivity index (χ4v) is 2.24. The zero-order valence-corrected chi connectivity index (χ0v) is 13.5. The van der Waals surface area contributed by atoms with Crippen LogP contribution in [0.2, 0.25) is 0 Å². The van der Waals surface area contributed by atoms with Crippen LogP contribution in [0.3, 0.4) is 0 Å². The minimum atomic E-state index is -0.617. The molecule has 0 bridgehead atoms. The molecule has 0 aliphatic rings. The normalized spacial score (nSPS) is 11.2. The minimum absolute atomic E-state index is 0.128. The van der Waals surface area contributed by atoms with E-state index in [0.29, 0.717) is 24.6 Å². The molecule has 0 spiro atoms. The Morgan fingerprint density at radius 1 is 1.29 bits per heavy atom. The van der Waals surface area contributed by atoms with Crippen LogP contribution in [0.25, 0.3) is 0 Å². The van der Waals surface area contributed by atoms with Gasteiger partial charge in [-0.3, -0.25) is 4.79 Å². The number of amides is 1. The first kappa shape index (κ1) is 17.6. The number of aromatic nitrogens is 1. The van der Waals surface area contributed by atoms with E-state index in [1.165, 1.54) is 12.3 Å². The summed E-state index contributed by atoms with van der Waals surface area (Å²) in [7, 11) is 0. The second-order valence-corrected chi connectivity index (χ2v) is 5.54. The smallest absolute Gasteiger partial charge is 0.254 e. The highest BCUT2D eigenvalue weighted by Gasteiger charge is 2.18. The summed E-state index contributed by atoms with van der Waals surface area (Å²) in [4.78, 5) is 20.1. The summed E-state index contributed by atoms with van der Waals surface area (Å²) in [6.45, 7) is 12.4. The summed E-state index contributed by atoms with van der Waals surface area (Å²) < 4.78 is 13.2. The van der Waals surface area contributed by atoms with Crippen molar-refractivity contribution in [3.63, 3.8) is 0 Å². The van der Waals surface area contributed by atoms with E-state index in [-0.39, 0.29) is 5.91 Å². The average molecular weight is 295 g/mol. The van der Waals surface area contributed by atoms with Crippen LogP contribution in [0.1, 0.15) is 38.1 Å². The molecule has 5 heteroatoms. The van der Waals surface area contributed by atoms with E-state index < -0.39 is 5.95 Å². The first-order valence-corrected chi connectivity index (χ1v) is 7.61. The predicted molar refractivity (Wildman–Crippen MR) is 82.7 cm³/mol. The largest absolute Gasteiger partial charge is 0.337 e. The Hall–Kier alpha value is -1.49. The topological polar surface area (TPSA) is 36.4 Å². The van der Waals surface area contributed by atoms with Crippen molar-refractivity contribution in [1.29, 1.82) is 0 Å². The van der Waals surface area contributed by atoms with Gasteiger partial charge < -0.3 is 9.80 Å². The van der Waals surface area contributed by atoms with Gasteiger partial charge in [0, 0.05) is 37.5 Å². The lowest BCUT2D eigenvalue weighted by atomic mass is 10.1. The Morgan fingerprint density at radius 3 is 2.48 bits per heavy atom. The van der Waals surface area contributed by atoms with Crippen LogP contribution in [0.5, 0.6) is 0 Å². The Balaban J connectivity index is 2.78. The van der Waals surface area contributed by atoms with Gasteiger partial charge in [-0.15, -0.1) is 0 Å². The lowest BCUT2D eigenvalue weighted by Crippen LogP contribution is -2.40. The van der Waals surface area contributed by atoms with Crippen LogP contribution in [0.15, 0.2) is 18.3 Å². The molecule has 0 aliphatic carbocycles.